The number of carbonyl (C=O) groups excluding carboxylic acids is 3. The van der Waals surface area contributed by atoms with Crippen LogP contribution in [0.5, 0.6) is 0 Å². The van der Waals surface area contributed by atoms with Gasteiger partial charge in [0.1, 0.15) is 5.70 Å². The Hall–Kier alpha value is -2.48. The quantitative estimate of drug-likeness (QED) is 0.296. The van der Waals surface area contributed by atoms with Crippen LogP contribution >= 0.6 is 11.8 Å². The van der Waals surface area contributed by atoms with Crippen molar-refractivity contribution in [1.29, 1.82) is 0 Å². The number of amides is 2. The zero-order valence-electron chi connectivity index (χ0n) is 22.3. The lowest BCUT2D eigenvalue weighted by Gasteiger charge is -2.24. The molecule has 0 fully saturated rings. The molecule has 1 aliphatic heterocycles. The Morgan fingerprint density at radius 3 is 2.47 bits per heavy atom. The SMILES string of the molecule is CCCCC(=O)NC(CCC1NC(C(=O)NC(Cc2ccccc2)CC(C)C(=O)OC)=CS1)C(C)C. The molecule has 0 aromatic heterocycles. The highest BCUT2D eigenvalue weighted by atomic mass is 32.2. The summed E-state index contributed by atoms with van der Waals surface area (Å²) in [4.78, 5) is 37.3. The van der Waals surface area contributed by atoms with Crippen LogP contribution in [0.25, 0.3) is 0 Å². The number of rotatable bonds is 15. The molecule has 4 unspecified atom stereocenters. The lowest BCUT2D eigenvalue weighted by Crippen LogP contribution is -2.42. The molecule has 36 heavy (non-hydrogen) atoms. The van der Waals surface area contributed by atoms with Gasteiger partial charge in [0.05, 0.1) is 18.4 Å². The van der Waals surface area contributed by atoms with Crippen molar-refractivity contribution in [3.63, 3.8) is 0 Å². The number of unbranched alkanes of at least 4 members (excludes halogenated alkanes) is 1. The summed E-state index contributed by atoms with van der Waals surface area (Å²) in [6.45, 7) is 8.15. The number of thioether (sulfide) groups is 1. The molecule has 1 aromatic carbocycles. The number of esters is 1. The molecule has 4 atom stereocenters. The van der Waals surface area contributed by atoms with Gasteiger partial charge in [0.2, 0.25) is 5.91 Å². The fourth-order valence-corrected chi connectivity index (χ4v) is 5.19. The molecule has 0 bridgehead atoms. The lowest BCUT2D eigenvalue weighted by atomic mass is 9.96. The van der Waals surface area contributed by atoms with Gasteiger partial charge in [-0.15, -0.1) is 11.8 Å². The van der Waals surface area contributed by atoms with Crippen LogP contribution in [-0.2, 0) is 25.5 Å². The van der Waals surface area contributed by atoms with Crippen molar-refractivity contribution < 1.29 is 19.1 Å². The summed E-state index contributed by atoms with van der Waals surface area (Å²) in [5.74, 6) is -0.314. The van der Waals surface area contributed by atoms with E-state index < -0.39 is 0 Å². The van der Waals surface area contributed by atoms with E-state index in [2.05, 4.69) is 36.7 Å². The van der Waals surface area contributed by atoms with Crippen LogP contribution in [0.15, 0.2) is 41.4 Å². The summed E-state index contributed by atoms with van der Waals surface area (Å²) in [6.07, 6.45) is 5.28. The van der Waals surface area contributed by atoms with Gasteiger partial charge in [-0.1, -0.05) is 64.4 Å². The van der Waals surface area contributed by atoms with Crippen LogP contribution in [0.3, 0.4) is 0 Å². The first-order chi connectivity index (χ1) is 17.2. The van der Waals surface area contributed by atoms with Crippen LogP contribution in [0.2, 0.25) is 0 Å². The molecule has 7 nitrogen and oxygen atoms in total. The van der Waals surface area contributed by atoms with E-state index >= 15 is 0 Å². The standard InChI is InChI=1S/C28H43N3O4S/c1-6-7-13-25(32)30-23(19(2)3)14-15-26-31-24(18-36-26)27(33)29-22(16-20(4)28(34)35-5)17-21-11-9-8-10-12-21/h8-12,18-20,22-23,26,31H,6-7,13-17H2,1-5H3,(H,29,33)(H,30,32). The van der Waals surface area contributed by atoms with Crippen LogP contribution in [0.1, 0.15) is 71.8 Å². The first-order valence-corrected chi connectivity index (χ1v) is 14.0. The molecule has 1 aromatic rings. The van der Waals surface area contributed by atoms with E-state index in [-0.39, 0.29) is 41.2 Å². The minimum Gasteiger partial charge on any atom is -0.469 e. The lowest BCUT2D eigenvalue weighted by molar-refractivity contribution is -0.145. The Morgan fingerprint density at radius 2 is 1.83 bits per heavy atom. The average molecular weight is 518 g/mol. The number of carbonyl (C=O) groups is 3. The number of hydrogen-bond donors (Lipinski definition) is 3. The molecule has 200 valence electrons. The smallest absolute Gasteiger partial charge is 0.308 e. The van der Waals surface area contributed by atoms with E-state index in [1.807, 2.05) is 42.7 Å². The number of benzene rings is 1. The summed E-state index contributed by atoms with van der Waals surface area (Å²) in [6, 6.07) is 9.85. The number of nitrogens with one attached hydrogen (secondary N) is 3. The highest BCUT2D eigenvalue weighted by Gasteiger charge is 2.27. The van der Waals surface area contributed by atoms with E-state index in [1.165, 1.54) is 7.11 Å². The molecule has 1 heterocycles. The van der Waals surface area contributed by atoms with Crippen LogP contribution in [-0.4, -0.2) is 42.4 Å². The van der Waals surface area contributed by atoms with E-state index in [1.54, 1.807) is 11.8 Å². The number of ether oxygens (including phenoxy) is 1. The van der Waals surface area contributed by atoms with Crippen molar-refractivity contribution in [3.8, 4) is 0 Å². The molecule has 0 spiro atoms. The highest BCUT2D eigenvalue weighted by molar-refractivity contribution is 8.03. The van der Waals surface area contributed by atoms with Gasteiger partial charge in [0.15, 0.2) is 0 Å². The van der Waals surface area contributed by atoms with Crippen LogP contribution < -0.4 is 16.0 Å². The molecule has 2 amide bonds. The molecule has 1 aliphatic rings. The fraction of sp³-hybridized carbons (Fsp3) is 0.607. The summed E-state index contributed by atoms with van der Waals surface area (Å²) < 4.78 is 4.88. The number of hydrogen-bond acceptors (Lipinski definition) is 6. The third-order valence-electron chi connectivity index (χ3n) is 6.46. The second-order valence-corrected chi connectivity index (χ2v) is 11.0. The predicted octanol–water partition coefficient (Wildman–Crippen LogP) is 4.53. The van der Waals surface area contributed by atoms with Gasteiger partial charge in [0.25, 0.3) is 5.91 Å². The third-order valence-corrected chi connectivity index (χ3v) is 7.52. The predicted molar refractivity (Wildman–Crippen MR) is 146 cm³/mol. The summed E-state index contributed by atoms with van der Waals surface area (Å²) in [5, 5.41) is 11.6. The second-order valence-electron chi connectivity index (χ2n) is 9.92. The Bertz CT molecular complexity index is 875. The molecule has 0 saturated heterocycles. The van der Waals surface area contributed by atoms with E-state index in [0.717, 1.165) is 31.2 Å². The van der Waals surface area contributed by atoms with Gasteiger partial charge in [0, 0.05) is 23.9 Å². The first-order valence-electron chi connectivity index (χ1n) is 13.1. The van der Waals surface area contributed by atoms with Crippen LogP contribution in [0, 0.1) is 11.8 Å². The highest BCUT2D eigenvalue weighted by Crippen LogP contribution is 2.26. The maximum Gasteiger partial charge on any atom is 0.308 e. The van der Waals surface area contributed by atoms with Gasteiger partial charge in [-0.3, -0.25) is 14.4 Å². The minimum atomic E-state index is -0.322. The summed E-state index contributed by atoms with van der Waals surface area (Å²) in [7, 11) is 1.38. The Balaban J connectivity index is 1.90. The van der Waals surface area contributed by atoms with E-state index in [9.17, 15) is 14.4 Å². The Kier molecular flexibility index (Phi) is 12.9. The van der Waals surface area contributed by atoms with Crippen molar-refractivity contribution in [1.82, 2.24) is 16.0 Å². The van der Waals surface area contributed by atoms with Gasteiger partial charge >= 0.3 is 5.97 Å². The van der Waals surface area contributed by atoms with Crippen molar-refractivity contribution in [2.24, 2.45) is 11.8 Å². The van der Waals surface area contributed by atoms with Crippen molar-refractivity contribution in [2.45, 2.75) is 90.1 Å². The Morgan fingerprint density at radius 1 is 1.11 bits per heavy atom. The summed E-state index contributed by atoms with van der Waals surface area (Å²) in [5.41, 5.74) is 1.64. The average Bonchev–Trinajstić information content (AvgIpc) is 3.34. The molecule has 0 saturated carbocycles. The first kappa shape index (κ1) is 29.7. The number of methoxy groups -OCH3 is 1. The van der Waals surface area contributed by atoms with Crippen molar-refractivity contribution >= 4 is 29.5 Å². The van der Waals surface area contributed by atoms with Crippen molar-refractivity contribution in [3.05, 3.63) is 47.0 Å². The van der Waals surface area contributed by atoms with Crippen LogP contribution in [0.4, 0.5) is 0 Å². The maximum atomic E-state index is 13.1. The molecule has 0 aliphatic carbocycles. The van der Waals surface area contributed by atoms with E-state index in [0.29, 0.717) is 30.9 Å². The van der Waals surface area contributed by atoms with Gasteiger partial charge in [-0.2, -0.15) is 0 Å². The maximum absolute atomic E-state index is 13.1. The molecule has 2 rings (SSSR count). The summed E-state index contributed by atoms with van der Waals surface area (Å²) >= 11 is 1.60. The topological polar surface area (TPSA) is 96.5 Å². The van der Waals surface area contributed by atoms with Gasteiger partial charge < -0.3 is 20.7 Å². The zero-order valence-corrected chi connectivity index (χ0v) is 23.2. The second kappa shape index (κ2) is 15.6. The normalized spacial score (nSPS) is 17.5. The Labute approximate surface area is 220 Å². The minimum absolute atomic E-state index is 0.0844. The molecule has 0 radical (unpaired) electrons. The largest absolute Gasteiger partial charge is 0.469 e. The molecular weight excluding hydrogens is 474 g/mol. The van der Waals surface area contributed by atoms with Crippen molar-refractivity contribution in [2.75, 3.05) is 7.11 Å². The molecular formula is C28H43N3O4S. The fourth-order valence-electron chi connectivity index (χ4n) is 4.25. The zero-order chi connectivity index (χ0) is 26.5. The molecule has 8 heteroatoms. The monoisotopic (exact) mass is 517 g/mol. The van der Waals surface area contributed by atoms with E-state index in [4.69, 9.17) is 4.74 Å². The molecule has 3 N–H and O–H groups in total. The van der Waals surface area contributed by atoms with Gasteiger partial charge in [-0.25, -0.2) is 0 Å². The van der Waals surface area contributed by atoms with Gasteiger partial charge in [-0.05, 0) is 43.6 Å². The third kappa shape index (κ3) is 10.2.